The monoisotopic (exact) mass is 396 g/mol. The van der Waals surface area contributed by atoms with Crippen molar-refractivity contribution in [2.45, 2.75) is 63.7 Å². The van der Waals surface area contributed by atoms with Crippen LogP contribution in [0.15, 0.2) is 45.6 Å². The van der Waals surface area contributed by atoms with Crippen molar-refractivity contribution in [3.05, 3.63) is 63.7 Å². The number of benzene rings is 1. The van der Waals surface area contributed by atoms with E-state index in [1.165, 1.54) is 25.7 Å². The Balaban J connectivity index is 1.36. The lowest BCUT2D eigenvalue weighted by Gasteiger charge is -2.21. The van der Waals surface area contributed by atoms with E-state index in [0.29, 0.717) is 29.6 Å². The predicted molar refractivity (Wildman–Crippen MR) is 113 cm³/mol. The normalized spacial score (nSPS) is 20.5. The Hall–Kier alpha value is -2.07. The van der Waals surface area contributed by atoms with E-state index in [1.54, 1.807) is 6.07 Å². The molecule has 2 unspecified atom stereocenters. The molecule has 156 valence electrons. The van der Waals surface area contributed by atoms with Crippen LogP contribution in [0.5, 0.6) is 5.75 Å². The molecule has 2 aromatic rings. The molecule has 2 heterocycles. The molecule has 1 N–H and O–H groups in total. The molecule has 2 aliphatic rings. The van der Waals surface area contributed by atoms with Crippen LogP contribution in [0.3, 0.4) is 0 Å². The minimum absolute atomic E-state index is 0.0702. The first-order valence-electron chi connectivity index (χ1n) is 11.2. The van der Waals surface area contributed by atoms with Crippen LogP contribution in [-0.2, 0) is 11.2 Å². The van der Waals surface area contributed by atoms with Crippen LogP contribution in [0.1, 0.15) is 74.2 Å². The molecular weight excluding hydrogens is 364 g/mol. The summed E-state index contributed by atoms with van der Waals surface area (Å²) in [6.45, 7) is 1.83. The van der Waals surface area contributed by atoms with Crippen molar-refractivity contribution in [1.82, 2.24) is 0 Å². The largest absolute Gasteiger partial charge is 0.507 e. The Morgan fingerprint density at radius 3 is 2.59 bits per heavy atom. The summed E-state index contributed by atoms with van der Waals surface area (Å²) in [6, 6.07) is 11.7. The fourth-order valence-electron chi connectivity index (χ4n) is 4.66. The van der Waals surface area contributed by atoms with Gasteiger partial charge in [0.1, 0.15) is 11.5 Å². The molecule has 4 nitrogen and oxygen atoms in total. The van der Waals surface area contributed by atoms with Crippen molar-refractivity contribution < 1.29 is 14.3 Å². The highest BCUT2D eigenvalue weighted by Crippen LogP contribution is 2.47. The molecule has 29 heavy (non-hydrogen) atoms. The van der Waals surface area contributed by atoms with Gasteiger partial charge in [0.25, 0.3) is 0 Å². The molecule has 2 atom stereocenters. The third-order valence-electron chi connectivity index (χ3n) is 6.37. The van der Waals surface area contributed by atoms with Gasteiger partial charge in [-0.05, 0) is 55.9 Å². The quantitative estimate of drug-likeness (QED) is 0.575. The summed E-state index contributed by atoms with van der Waals surface area (Å²) < 4.78 is 11.2. The molecule has 1 saturated carbocycles. The summed E-state index contributed by atoms with van der Waals surface area (Å²) >= 11 is 0. The van der Waals surface area contributed by atoms with Crippen molar-refractivity contribution in [2.75, 3.05) is 13.2 Å². The lowest BCUT2D eigenvalue weighted by Crippen LogP contribution is -2.17. The maximum atomic E-state index is 12.8. The maximum Gasteiger partial charge on any atom is 0.343 e. The molecular formula is C25H32O4. The smallest absolute Gasteiger partial charge is 0.343 e. The second-order valence-electron chi connectivity index (χ2n) is 8.71. The molecule has 0 amide bonds. The van der Waals surface area contributed by atoms with E-state index >= 15 is 0 Å². The first-order chi connectivity index (χ1) is 14.2. The zero-order chi connectivity index (χ0) is 20.1. The van der Waals surface area contributed by atoms with Gasteiger partial charge in [0, 0.05) is 31.6 Å². The van der Waals surface area contributed by atoms with Gasteiger partial charge in [-0.25, -0.2) is 4.79 Å². The van der Waals surface area contributed by atoms with Gasteiger partial charge in [-0.1, -0.05) is 43.2 Å². The average Bonchev–Trinajstić information content (AvgIpc) is 3.57. The molecule has 2 fully saturated rings. The number of ether oxygens (including phenoxy) is 1. The van der Waals surface area contributed by atoms with Crippen LogP contribution in [0.25, 0.3) is 0 Å². The van der Waals surface area contributed by atoms with Gasteiger partial charge in [-0.3, -0.25) is 0 Å². The van der Waals surface area contributed by atoms with Crippen LogP contribution in [-0.4, -0.2) is 18.3 Å². The Kier molecular flexibility index (Phi) is 6.70. The summed E-state index contributed by atoms with van der Waals surface area (Å²) in [5, 5.41) is 10.7. The van der Waals surface area contributed by atoms with E-state index in [-0.39, 0.29) is 17.3 Å². The standard InChI is InChI=1S/C25H32O4/c26-22-16-21(12-6-1-3-8-18-9-7-15-28-17-18)29-25(27)24(22)23(20-13-14-20)19-10-4-2-5-11-19/h2,4-5,10-11,16,18,20,23,26H,1,3,6-9,12-15,17H2. The van der Waals surface area contributed by atoms with Crippen LogP contribution in [0, 0.1) is 11.8 Å². The van der Waals surface area contributed by atoms with Gasteiger partial charge in [0.05, 0.1) is 5.56 Å². The van der Waals surface area contributed by atoms with Gasteiger partial charge in [0.2, 0.25) is 0 Å². The Bertz CT molecular complexity index is 832. The predicted octanol–water partition coefficient (Wildman–Crippen LogP) is 5.42. The lowest BCUT2D eigenvalue weighted by molar-refractivity contribution is 0.0507. The van der Waals surface area contributed by atoms with Gasteiger partial charge in [0.15, 0.2) is 0 Å². The third-order valence-corrected chi connectivity index (χ3v) is 6.37. The molecule has 0 spiro atoms. The second kappa shape index (κ2) is 9.62. The molecule has 1 aromatic carbocycles. The maximum absolute atomic E-state index is 12.8. The number of hydrogen-bond acceptors (Lipinski definition) is 4. The fraction of sp³-hybridized carbons (Fsp3) is 0.560. The van der Waals surface area contributed by atoms with Crippen LogP contribution in [0.4, 0.5) is 0 Å². The van der Waals surface area contributed by atoms with Gasteiger partial charge in [-0.15, -0.1) is 0 Å². The number of hydrogen-bond donors (Lipinski definition) is 1. The molecule has 1 aliphatic heterocycles. The Morgan fingerprint density at radius 2 is 1.90 bits per heavy atom. The summed E-state index contributed by atoms with van der Waals surface area (Å²) in [7, 11) is 0. The number of unbranched alkanes of at least 4 members (excludes halogenated alkanes) is 2. The number of rotatable bonds is 9. The molecule has 0 radical (unpaired) electrons. The zero-order valence-corrected chi connectivity index (χ0v) is 17.1. The highest BCUT2D eigenvalue weighted by atomic mass is 16.5. The van der Waals surface area contributed by atoms with E-state index in [2.05, 4.69) is 0 Å². The van der Waals surface area contributed by atoms with Crippen LogP contribution >= 0.6 is 0 Å². The zero-order valence-electron chi connectivity index (χ0n) is 17.1. The highest BCUT2D eigenvalue weighted by Gasteiger charge is 2.37. The molecule has 0 bridgehead atoms. The van der Waals surface area contributed by atoms with E-state index in [1.807, 2.05) is 30.3 Å². The van der Waals surface area contributed by atoms with E-state index in [4.69, 9.17) is 9.15 Å². The molecule has 4 heteroatoms. The molecule has 1 saturated heterocycles. The first-order valence-corrected chi connectivity index (χ1v) is 11.2. The van der Waals surface area contributed by atoms with Crippen LogP contribution in [0.2, 0.25) is 0 Å². The SMILES string of the molecule is O=c1oc(CCCCCC2CCCOC2)cc(O)c1C(c1ccccc1)C1CC1. The van der Waals surface area contributed by atoms with Crippen molar-refractivity contribution in [1.29, 1.82) is 0 Å². The number of aryl methyl sites for hydroxylation is 1. The van der Waals surface area contributed by atoms with Gasteiger partial charge < -0.3 is 14.3 Å². The van der Waals surface area contributed by atoms with Crippen molar-refractivity contribution >= 4 is 0 Å². The topological polar surface area (TPSA) is 59.7 Å². The minimum Gasteiger partial charge on any atom is -0.507 e. The molecule has 1 aromatic heterocycles. The Labute approximate surface area is 172 Å². The fourth-order valence-corrected chi connectivity index (χ4v) is 4.66. The molecule has 1 aliphatic carbocycles. The summed E-state index contributed by atoms with van der Waals surface area (Å²) in [4.78, 5) is 12.8. The van der Waals surface area contributed by atoms with Crippen molar-refractivity contribution in [3.8, 4) is 5.75 Å². The summed E-state index contributed by atoms with van der Waals surface area (Å²) in [5.74, 6) is 1.75. The van der Waals surface area contributed by atoms with Crippen LogP contribution < -0.4 is 5.63 Å². The van der Waals surface area contributed by atoms with Gasteiger partial charge in [-0.2, -0.15) is 0 Å². The lowest BCUT2D eigenvalue weighted by atomic mass is 9.87. The van der Waals surface area contributed by atoms with E-state index in [0.717, 1.165) is 44.5 Å². The van der Waals surface area contributed by atoms with Crippen molar-refractivity contribution in [2.24, 2.45) is 11.8 Å². The second-order valence-corrected chi connectivity index (χ2v) is 8.71. The number of aromatic hydroxyl groups is 1. The summed E-state index contributed by atoms with van der Waals surface area (Å²) in [5.41, 5.74) is 1.14. The van der Waals surface area contributed by atoms with E-state index in [9.17, 15) is 9.90 Å². The first kappa shape index (κ1) is 20.2. The summed E-state index contributed by atoms with van der Waals surface area (Å²) in [6.07, 6.45) is 9.83. The molecule has 4 rings (SSSR count). The third kappa shape index (κ3) is 5.30. The van der Waals surface area contributed by atoms with Crippen molar-refractivity contribution in [3.63, 3.8) is 0 Å². The minimum atomic E-state index is -0.375. The van der Waals surface area contributed by atoms with E-state index < -0.39 is 0 Å². The average molecular weight is 397 g/mol. The van der Waals surface area contributed by atoms with Gasteiger partial charge >= 0.3 is 5.63 Å². The highest BCUT2D eigenvalue weighted by molar-refractivity contribution is 5.41. The Morgan fingerprint density at radius 1 is 1.07 bits per heavy atom.